The van der Waals surface area contributed by atoms with Gasteiger partial charge in [-0.1, -0.05) is 92.0 Å². The van der Waals surface area contributed by atoms with Gasteiger partial charge < -0.3 is 15.0 Å². The van der Waals surface area contributed by atoms with Crippen LogP contribution in [0.4, 0.5) is 4.79 Å². The van der Waals surface area contributed by atoms with Crippen molar-refractivity contribution in [2.75, 3.05) is 26.2 Å². The summed E-state index contributed by atoms with van der Waals surface area (Å²) in [6, 6.07) is 15.8. The number of likely N-dealkylation sites (tertiary alicyclic amines) is 1. The number of rotatable bonds is 12. The van der Waals surface area contributed by atoms with E-state index in [1.165, 1.54) is 16.7 Å². The number of nitrogens with zero attached hydrogens (tertiary/aromatic N) is 4. The normalized spacial score (nSPS) is 16.8. The molecule has 2 aliphatic rings. The van der Waals surface area contributed by atoms with Crippen molar-refractivity contribution in [3.05, 3.63) is 117 Å². The van der Waals surface area contributed by atoms with E-state index < -0.39 is 5.54 Å². The Labute approximate surface area is 344 Å². The van der Waals surface area contributed by atoms with Crippen molar-refractivity contribution in [2.45, 2.75) is 105 Å². The summed E-state index contributed by atoms with van der Waals surface area (Å²) in [5.41, 5.74) is 5.30. The van der Waals surface area contributed by atoms with Crippen molar-refractivity contribution < 1.29 is 14.3 Å². The molecule has 10 heteroatoms. The van der Waals surface area contributed by atoms with Gasteiger partial charge in [-0.3, -0.25) is 19.7 Å². The summed E-state index contributed by atoms with van der Waals surface area (Å²) in [5, 5.41) is 4.46. The Kier molecular flexibility index (Phi) is 14.5. The third-order valence-electron chi connectivity index (χ3n) is 10.9. The number of aryl methyl sites for hydroxylation is 2. The summed E-state index contributed by atoms with van der Waals surface area (Å²) in [7, 11) is 0. The van der Waals surface area contributed by atoms with Crippen LogP contribution in [0.15, 0.2) is 83.0 Å². The number of carbonyl (C=O) groups is 2. The molecule has 1 unspecified atom stereocenters. The highest BCUT2D eigenvalue weighted by Crippen LogP contribution is 2.35. The number of carbonyl (C=O) groups excluding carboxylic acids is 2. The number of hydrogen-bond donors (Lipinski definition) is 1. The first-order valence-electron chi connectivity index (χ1n) is 19.9. The fourth-order valence-electron chi connectivity index (χ4n) is 7.27. The fraction of sp³-hybridized carbons (Fsp3) is 0.478. The third kappa shape index (κ3) is 11.5. The van der Waals surface area contributed by atoms with Crippen molar-refractivity contribution in [1.82, 2.24) is 20.1 Å². The van der Waals surface area contributed by atoms with E-state index in [0.717, 1.165) is 36.9 Å². The van der Waals surface area contributed by atoms with E-state index >= 15 is 4.79 Å². The van der Waals surface area contributed by atoms with Crippen LogP contribution in [0.2, 0.25) is 5.02 Å². The predicted molar refractivity (Wildman–Crippen MR) is 230 cm³/mol. The number of urea groups is 1. The van der Waals surface area contributed by atoms with Crippen molar-refractivity contribution in [3.63, 3.8) is 0 Å². The number of aromatic nitrogens is 1. The summed E-state index contributed by atoms with van der Waals surface area (Å²) >= 11 is 12.6. The van der Waals surface area contributed by atoms with Crippen LogP contribution in [0.3, 0.4) is 0 Å². The van der Waals surface area contributed by atoms with Gasteiger partial charge in [0, 0.05) is 65.4 Å². The SMILES string of the molecule is CCOc1cc(C(C)(C)C)ncc1C(=NC(C)(C)C1C=CC(Cl)=CC1)N(Cc1ccc(Cl)cc1)C(=O)N1CCC(CC(=O)NCCc2cc(C)ccc2C)CC1. The Balaban J connectivity index is 1.43. The van der Waals surface area contributed by atoms with Gasteiger partial charge in [-0.2, -0.15) is 0 Å². The molecule has 56 heavy (non-hydrogen) atoms. The zero-order chi connectivity index (χ0) is 40.6. The average molecular weight is 801 g/mol. The summed E-state index contributed by atoms with van der Waals surface area (Å²) < 4.78 is 6.32. The highest BCUT2D eigenvalue weighted by molar-refractivity contribution is 6.31. The molecule has 3 amide bonds. The van der Waals surface area contributed by atoms with E-state index in [0.29, 0.717) is 59.9 Å². The van der Waals surface area contributed by atoms with Crippen LogP contribution in [0.1, 0.15) is 101 Å². The second kappa shape index (κ2) is 18.9. The Morgan fingerprint density at radius 1 is 1.02 bits per heavy atom. The van der Waals surface area contributed by atoms with Gasteiger partial charge in [0.05, 0.1) is 24.3 Å². The first-order chi connectivity index (χ1) is 26.5. The van der Waals surface area contributed by atoms with Crippen LogP contribution in [0.25, 0.3) is 0 Å². The molecule has 1 atom stereocenters. The zero-order valence-electron chi connectivity index (χ0n) is 34.4. The molecule has 5 rings (SSSR count). The van der Waals surface area contributed by atoms with E-state index in [2.05, 4.69) is 78.1 Å². The fourth-order valence-corrected chi connectivity index (χ4v) is 7.56. The summed E-state index contributed by atoms with van der Waals surface area (Å²) in [6.45, 7) is 19.0. The van der Waals surface area contributed by atoms with Crippen LogP contribution in [-0.2, 0) is 23.2 Å². The zero-order valence-corrected chi connectivity index (χ0v) is 35.9. The molecule has 1 aliphatic carbocycles. The van der Waals surface area contributed by atoms with Crippen LogP contribution >= 0.6 is 23.2 Å². The standard InChI is InChI=1S/C46H59Cl2N5O3/c1-9-56-40-28-41(45(4,5)6)50-29-39(40)43(51-46(7,8)36-14-18-38(48)19-15-36)53(30-34-12-16-37(47)17-13-34)44(55)52-24-21-33(22-25-52)27-42(54)49-23-20-35-26-31(2)10-11-32(35)3/h10-14,16-19,26,28-29,33,36H,9,15,20-25,27,30H2,1-8H3,(H,49,54). The number of halogens is 2. The number of aliphatic imine (C=N–C) groups is 1. The lowest BCUT2D eigenvalue weighted by atomic mass is 9.83. The largest absolute Gasteiger partial charge is 0.493 e. The Morgan fingerprint density at radius 3 is 2.38 bits per heavy atom. The van der Waals surface area contributed by atoms with Crippen molar-refractivity contribution in [3.8, 4) is 5.75 Å². The van der Waals surface area contributed by atoms with Gasteiger partial charge in [0.1, 0.15) is 11.6 Å². The van der Waals surface area contributed by atoms with Crippen LogP contribution < -0.4 is 10.1 Å². The molecule has 300 valence electrons. The lowest BCUT2D eigenvalue weighted by Crippen LogP contribution is -2.50. The van der Waals surface area contributed by atoms with E-state index in [9.17, 15) is 4.79 Å². The summed E-state index contributed by atoms with van der Waals surface area (Å²) in [6.07, 6.45) is 11.3. The minimum Gasteiger partial charge on any atom is -0.493 e. The van der Waals surface area contributed by atoms with Gasteiger partial charge in [-0.05, 0) is 101 Å². The Morgan fingerprint density at radius 2 is 1.73 bits per heavy atom. The highest BCUT2D eigenvalue weighted by Gasteiger charge is 2.36. The topological polar surface area (TPSA) is 87.1 Å². The molecule has 2 heterocycles. The number of hydrogen-bond acceptors (Lipinski definition) is 5. The average Bonchev–Trinajstić information content (AvgIpc) is 3.15. The number of amides is 3. The highest BCUT2D eigenvalue weighted by atomic mass is 35.5. The van der Waals surface area contributed by atoms with Gasteiger partial charge in [0.15, 0.2) is 0 Å². The smallest absolute Gasteiger partial charge is 0.325 e. The molecule has 1 aliphatic heterocycles. The first-order valence-corrected chi connectivity index (χ1v) is 20.7. The van der Waals surface area contributed by atoms with Gasteiger partial charge in [0.25, 0.3) is 0 Å². The molecule has 0 saturated carbocycles. The summed E-state index contributed by atoms with van der Waals surface area (Å²) in [5.74, 6) is 1.40. The van der Waals surface area contributed by atoms with Gasteiger partial charge in [-0.25, -0.2) is 4.79 Å². The maximum absolute atomic E-state index is 15.0. The molecule has 8 nitrogen and oxygen atoms in total. The number of amidine groups is 1. The molecule has 1 N–H and O–H groups in total. The van der Waals surface area contributed by atoms with Gasteiger partial charge in [-0.15, -0.1) is 0 Å². The Hall–Kier alpha value is -4.14. The number of pyridine rings is 1. The second-order valence-corrected chi connectivity index (χ2v) is 17.7. The minimum absolute atomic E-state index is 0.0348. The molecule has 1 aromatic heterocycles. The van der Waals surface area contributed by atoms with Crippen LogP contribution in [0, 0.1) is 25.7 Å². The molecule has 0 radical (unpaired) electrons. The van der Waals surface area contributed by atoms with Crippen LogP contribution in [0.5, 0.6) is 5.75 Å². The monoisotopic (exact) mass is 799 g/mol. The number of allylic oxidation sites excluding steroid dienone is 3. The molecular weight excluding hydrogens is 741 g/mol. The first kappa shape index (κ1) is 43.0. The van der Waals surface area contributed by atoms with Crippen molar-refractivity contribution in [2.24, 2.45) is 16.8 Å². The predicted octanol–water partition coefficient (Wildman–Crippen LogP) is 10.4. The van der Waals surface area contributed by atoms with E-state index in [1.54, 1.807) is 11.1 Å². The molecule has 2 aromatic carbocycles. The molecule has 1 saturated heterocycles. The summed E-state index contributed by atoms with van der Waals surface area (Å²) in [4.78, 5) is 42.1. The number of benzene rings is 2. The minimum atomic E-state index is -0.636. The van der Waals surface area contributed by atoms with E-state index in [-0.39, 0.29) is 35.7 Å². The van der Waals surface area contributed by atoms with Gasteiger partial charge in [0.2, 0.25) is 5.91 Å². The molecular formula is C46H59Cl2N5O3. The number of nitrogens with one attached hydrogen (secondary N) is 1. The molecule has 1 fully saturated rings. The van der Waals surface area contributed by atoms with E-state index in [1.807, 2.05) is 54.3 Å². The molecule has 0 bridgehead atoms. The maximum atomic E-state index is 15.0. The molecule has 0 spiro atoms. The second-order valence-electron chi connectivity index (χ2n) is 16.8. The molecule has 3 aromatic rings. The van der Waals surface area contributed by atoms with Gasteiger partial charge >= 0.3 is 6.03 Å². The number of piperidine rings is 1. The third-order valence-corrected chi connectivity index (χ3v) is 11.4. The quantitative estimate of drug-likeness (QED) is 0.146. The lowest BCUT2D eigenvalue weighted by Gasteiger charge is -2.38. The van der Waals surface area contributed by atoms with Crippen molar-refractivity contribution in [1.29, 1.82) is 0 Å². The Bertz CT molecular complexity index is 1940. The van der Waals surface area contributed by atoms with Crippen LogP contribution in [-0.4, -0.2) is 64.3 Å². The van der Waals surface area contributed by atoms with E-state index in [4.69, 9.17) is 37.9 Å². The maximum Gasteiger partial charge on any atom is 0.325 e. The van der Waals surface area contributed by atoms with Crippen molar-refractivity contribution >= 4 is 41.0 Å². The lowest BCUT2D eigenvalue weighted by molar-refractivity contribution is -0.122. The number of ether oxygens (including phenoxy) is 1.